The quantitative estimate of drug-likeness (QED) is 0.435. The summed E-state index contributed by atoms with van der Waals surface area (Å²) in [5, 5.41) is 10.8. The molecule has 126 valence electrons. The van der Waals surface area contributed by atoms with Crippen LogP contribution in [0, 0.1) is 10.8 Å². The molecule has 4 heteroatoms. The van der Waals surface area contributed by atoms with Gasteiger partial charge in [0.05, 0.1) is 0 Å². The van der Waals surface area contributed by atoms with E-state index >= 15 is 0 Å². The second-order valence-corrected chi connectivity index (χ2v) is 5.07. The molecule has 0 bridgehead atoms. The first-order chi connectivity index (χ1) is 11.7. The van der Waals surface area contributed by atoms with E-state index in [4.69, 9.17) is 20.4 Å². The Labute approximate surface area is 143 Å². The molecule has 0 saturated heterocycles. The Morgan fingerprint density at radius 2 is 1.17 bits per heavy atom. The van der Waals surface area contributed by atoms with Crippen LogP contribution in [-0.4, -0.2) is 12.2 Å². The second kappa shape index (κ2) is 15.1. The Kier molecular flexibility index (Phi) is 13.3. The summed E-state index contributed by atoms with van der Waals surface area (Å²) in [5.41, 5.74) is 2.89. The van der Waals surface area contributed by atoms with Crippen LogP contribution in [0.4, 0.5) is 0 Å². The Bertz CT molecular complexity index is 549. The highest BCUT2D eigenvalue weighted by Crippen LogP contribution is 2.29. The van der Waals surface area contributed by atoms with Gasteiger partial charge in [0.2, 0.25) is 12.2 Å². The number of hydrogen-bond acceptors (Lipinski definition) is 4. The number of hydrogen-bond donors (Lipinski definition) is 2. The molecule has 0 radical (unpaired) electrons. The summed E-state index contributed by atoms with van der Waals surface area (Å²) in [6.45, 7) is 2.26. The van der Waals surface area contributed by atoms with E-state index in [0.717, 1.165) is 12.2 Å². The van der Waals surface area contributed by atoms with Gasteiger partial charge >= 0.3 is 0 Å². The van der Waals surface area contributed by atoms with E-state index in [9.17, 15) is 0 Å². The van der Waals surface area contributed by atoms with Gasteiger partial charge in [-0.3, -0.25) is 0 Å². The summed E-state index contributed by atoms with van der Waals surface area (Å²) >= 11 is 0. The van der Waals surface area contributed by atoms with Crippen molar-refractivity contribution in [3.63, 3.8) is 0 Å². The molecule has 0 saturated carbocycles. The molecule has 2 N–H and O–H groups in total. The first-order valence-corrected chi connectivity index (χ1v) is 7.92. The summed E-state index contributed by atoms with van der Waals surface area (Å²) in [6.07, 6.45) is 6.68. The SMILES string of the molecule is CCCCCC(c1ccccc1)c1ccccc1.N=C=O.N=C=O. The molecule has 4 nitrogen and oxygen atoms in total. The van der Waals surface area contributed by atoms with Crippen LogP contribution in [-0.2, 0) is 9.59 Å². The van der Waals surface area contributed by atoms with Gasteiger partial charge in [-0.25, -0.2) is 20.4 Å². The van der Waals surface area contributed by atoms with Gasteiger partial charge in [-0.05, 0) is 17.5 Å². The molecule has 0 amide bonds. The fourth-order valence-corrected chi connectivity index (χ4v) is 2.49. The summed E-state index contributed by atoms with van der Waals surface area (Å²) in [7, 11) is 0. The van der Waals surface area contributed by atoms with Crippen LogP contribution in [0.3, 0.4) is 0 Å². The number of rotatable bonds is 6. The van der Waals surface area contributed by atoms with Crippen molar-refractivity contribution in [2.75, 3.05) is 0 Å². The maximum Gasteiger partial charge on any atom is 0.231 e. The molecule has 0 aromatic heterocycles. The zero-order chi connectivity index (χ0) is 18.0. The predicted octanol–water partition coefficient (Wildman–Crippen LogP) is 5.20. The Balaban J connectivity index is 0.000000772. The van der Waals surface area contributed by atoms with Crippen molar-refractivity contribution in [3.8, 4) is 0 Å². The van der Waals surface area contributed by atoms with Gasteiger partial charge in [-0.15, -0.1) is 0 Å². The van der Waals surface area contributed by atoms with Crippen LogP contribution in [0.1, 0.15) is 49.7 Å². The largest absolute Gasteiger partial charge is 0.231 e. The van der Waals surface area contributed by atoms with Gasteiger partial charge in [0.15, 0.2) is 0 Å². The average molecular weight is 324 g/mol. The van der Waals surface area contributed by atoms with Gasteiger partial charge in [0, 0.05) is 5.92 Å². The maximum atomic E-state index is 8.35. The minimum absolute atomic E-state index is 0.555. The van der Waals surface area contributed by atoms with Gasteiger partial charge in [-0.2, -0.15) is 0 Å². The molecular weight excluding hydrogens is 300 g/mol. The first kappa shape index (κ1) is 21.2. The van der Waals surface area contributed by atoms with Crippen LogP contribution in [0.2, 0.25) is 0 Å². The lowest BCUT2D eigenvalue weighted by atomic mass is 9.87. The van der Waals surface area contributed by atoms with E-state index in [1.807, 2.05) is 0 Å². The highest BCUT2D eigenvalue weighted by molar-refractivity contribution is 5.32. The number of unbranched alkanes of at least 4 members (excludes halogenated alkanes) is 2. The van der Waals surface area contributed by atoms with Crippen molar-refractivity contribution in [1.82, 2.24) is 0 Å². The standard InChI is InChI=1S/C18H22.2CHNO/c1-2-3-6-15-18(16-11-7-4-8-12-16)17-13-9-5-10-14-17;2*2-1-3/h4-5,7-14,18H,2-3,6,15H2,1H3;2*2H. The van der Waals surface area contributed by atoms with Crippen molar-refractivity contribution < 1.29 is 9.59 Å². The third-order valence-corrected chi connectivity index (χ3v) is 3.50. The second-order valence-electron chi connectivity index (χ2n) is 5.07. The Morgan fingerprint density at radius 3 is 1.50 bits per heavy atom. The zero-order valence-electron chi connectivity index (χ0n) is 14.0. The summed E-state index contributed by atoms with van der Waals surface area (Å²) in [4.78, 5) is 16.7. The van der Waals surface area contributed by atoms with Crippen LogP contribution >= 0.6 is 0 Å². The van der Waals surface area contributed by atoms with Crippen LogP contribution in [0.15, 0.2) is 60.7 Å². The first-order valence-electron chi connectivity index (χ1n) is 7.92. The van der Waals surface area contributed by atoms with Crippen LogP contribution in [0.5, 0.6) is 0 Å². The number of benzene rings is 2. The minimum Gasteiger partial charge on any atom is -0.222 e. The highest BCUT2D eigenvalue weighted by atomic mass is 16.1. The molecule has 0 aliphatic carbocycles. The number of isocyanates is 2. The van der Waals surface area contributed by atoms with Crippen molar-refractivity contribution >= 4 is 12.2 Å². The van der Waals surface area contributed by atoms with Crippen LogP contribution < -0.4 is 0 Å². The topological polar surface area (TPSA) is 81.8 Å². The molecule has 24 heavy (non-hydrogen) atoms. The number of carbonyl (C=O) groups excluding carboxylic acids is 2. The molecule has 2 aromatic carbocycles. The van der Waals surface area contributed by atoms with Crippen molar-refractivity contribution in [1.29, 1.82) is 10.8 Å². The fourth-order valence-electron chi connectivity index (χ4n) is 2.49. The Morgan fingerprint density at radius 1 is 0.792 bits per heavy atom. The molecule has 0 atom stereocenters. The van der Waals surface area contributed by atoms with Gasteiger partial charge in [-0.1, -0.05) is 86.8 Å². The lowest BCUT2D eigenvalue weighted by Crippen LogP contribution is -2.01. The fraction of sp³-hybridized carbons (Fsp3) is 0.300. The molecule has 2 aromatic rings. The van der Waals surface area contributed by atoms with Gasteiger partial charge < -0.3 is 0 Å². The Hall–Kier alpha value is -2.80. The van der Waals surface area contributed by atoms with Gasteiger partial charge in [0.1, 0.15) is 0 Å². The molecule has 0 aliphatic rings. The third kappa shape index (κ3) is 9.26. The molecule has 0 spiro atoms. The predicted molar refractivity (Wildman–Crippen MR) is 95.7 cm³/mol. The smallest absolute Gasteiger partial charge is 0.222 e. The summed E-state index contributed by atoms with van der Waals surface area (Å²) in [5.74, 6) is 0.555. The zero-order valence-corrected chi connectivity index (χ0v) is 14.0. The summed E-state index contributed by atoms with van der Waals surface area (Å²) in [6, 6.07) is 21.8. The van der Waals surface area contributed by atoms with Crippen molar-refractivity contribution in [2.45, 2.75) is 38.5 Å². The highest BCUT2D eigenvalue weighted by Gasteiger charge is 2.12. The molecule has 0 aliphatic heterocycles. The lowest BCUT2D eigenvalue weighted by molar-refractivity contribution is 0.562. The summed E-state index contributed by atoms with van der Waals surface area (Å²) < 4.78 is 0. The van der Waals surface area contributed by atoms with Crippen molar-refractivity contribution in [2.24, 2.45) is 0 Å². The molecule has 0 unspecified atom stereocenters. The minimum atomic E-state index is 0.555. The van der Waals surface area contributed by atoms with Crippen molar-refractivity contribution in [3.05, 3.63) is 71.8 Å². The normalized spacial score (nSPS) is 8.75. The molecule has 0 heterocycles. The van der Waals surface area contributed by atoms with E-state index in [1.165, 1.54) is 36.8 Å². The van der Waals surface area contributed by atoms with E-state index < -0.39 is 0 Å². The van der Waals surface area contributed by atoms with E-state index in [2.05, 4.69) is 67.6 Å². The third-order valence-electron chi connectivity index (χ3n) is 3.50. The molecular formula is C20H24N2O2. The number of nitrogens with one attached hydrogen (secondary N) is 2. The monoisotopic (exact) mass is 324 g/mol. The lowest BCUT2D eigenvalue weighted by Gasteiger charge is -2.18. The van der Waals surface area contributed by atoms with E-state index in [-0.39, 0.29) is 0 Å². The van der Waals surface area contributed by atoms with E-state index in [1.54, 1.807) is 0 Å². The average Bonchev–Trinajstić information content (AvgIpc) is 2.62. The van der Waals surface area contributed by atoms with Gasteiger partial charge in [0.25, 0.3) is 0 Å². The molecule has 0 fully saturated rings. The van der Waals surface area contributed by atoms with E-state index in [0.29, 0.717) is 5.92 Å². The molecule has 2 rings (SSSR count). The maximum absolute atomic E-state index is 8.35. The van der Waals surface area contributed by atoms with Crippen LogP contribution in [0.25, 0.3) is 0 Å².